The zero-order chi connectivity index (χ0) is 19.0. The van der Waals surface area contributed by atoms with Gasteiger partial charge >= 0.3 is 0 Å². The average Bonchev–Trinajstić information content (AvgIpc) is 3.15. The van der Waals surface area contributed by atoms with E-state index in [-0.39, 0.29) is 5.91 Å². The fourth-order valence-electron chi connectivity index (χ4n) is 3.88. The van der Waals surface area contributed by atoms with Crippen LogP contribution in [0.3, 0.4) is 0 Å². The summed E-state index contributed by atoms with van der Waals surface area (Å²) in [4.78, 5) is 20.2. The van der Waals surface area contributed by atoms with Crippen molar-refractivity contribution in [3.8, 4) is 11.3 Å². The van der Waals surface area contributed by atoms with Crippen LogP contribution in [0, 0.1) is 12.8 Å². The molecule has 0 unspecified atom stereocenters. The van der Waals surface area contributed by atoms with Gasteiger partial charge in [-0.3, -0.25) is 9.48 Å². The molecule has 3 heterocycles. The van der Waals surface area contributed by atoms with Crippen molar-refractivity contribution >= 4 is 16.8 Å². The molecule has 1 amide bonds. The summed E-state index contributed by atoms with van der Waals surface area (Å²) in [5.41, 5.74) is 4.50. The lowest BCUT2D eigenvalue weighted by Gasteiger charge is -2.31. The van der Waals surface area contributed by atoms with Crippen molar-refractivity contribution in [1.82, 2.24) is 19.7 Å². The van der Waals surface area contributed by atoms with Gasteiger partial charge in [-0.25, -0.2) is 4.98 Å². The molecule has 1 saturated heterocycles. The van der Waals surface area contributed by atoms with Crippen LogP contribution in [0.1, 0.15) is 42.6 Å². The Bertz CT molecular complexity index is 991. The number of fused-ring (bicyclic) bond motifs is 1. The number of nitrogens with zero attached hydrogens (tertiary/aromatic N) is 4. The van der Waals surface area contributed by atoms with Gasteiger partial charge in [0, 0.05) is 36.8 Å². The van der Waals surface area contributed by atoms with E-state index in [2.05, 4.69) is 38.0 Å². The van der Waals surface area contributed by atoms with E-state index in [1.165, 1.54) is 6.42 Å². The van der Waals surface area contributed by atoms with Crippen LogP contribution < -0.4 is 0 Å². The summed E-state index contributed by atoms with van der Waals surface area (Å²) in [5, 5.41) is 5.29. The van der Waals surface area contributed by atoms with Crippen molar-refractivity contribution < 1.29 is 4.79 Å². The molecule has 1 aliphatic heterocycles. The summed E-state index contributed by atoms with van der Waals surface area (Å²) >= 11 is 0. The van der Waals surface area contributed by atoms with Crippen LogP contribution in [-0.4, -0.2) is 38.7 Å². The van der Waals surface area contributed by atoms with E-state index in [1.807, 2.05) is 34.1 Å². The predicted octanol–water partition coefficient (Wildman–Crippen LogP) is 4.30. The summed E-state index contributed by atoms with van der Waals surface area (Å²) < 4.78 is 1.88. The lowest BCUT2D eigenvalue weighted by atomic mass is 9.98. The fraction of sp³-hybridized carbons (Fsp3) is 0.409. The molecule has 0 radical (unpaired) electrons. The zero-order valence-corrected chi connectivity index (χ0v) is 16.3. The number of pyridine rings is 1. The maximum Gasteiger partial charge on any atom is 0.254 e. The molecule has 1 atom stereocenters. The molecule has 3 aromatic rings. The number of piperidine rings is 1. The maximum atomic E-state index is 13.4. The van der Waals surface area contributed by atoms with E-state index >= 15 is 0 Å². The molecule has 0 spiro atoms. The number of rotatable bonds is 3. The third kappa shape index (κ3) is 3.46. The number of aromatic nitrogens is 3. The van der Waals surface area contributed by atoms with E-state index in [4.69, 9.17) is 4.98 Å². The highest BCUT2D eigenvalue weighted by Crippen LogP contribution is 2.28. The second-order valence-corrected chi connectivity index (χ2v) is 7.66. The first-order valence-electron chi connectivity index (χ1n) is 9.78. The molecule has 0 saturated carbocycles. The van der Waals surface area contributed by atoms with Gasteiger partial charge in [0.1, 0.15) is 0 Å². The highest BCUT2D eigenvalue weighted by molar-refractivity contribution is 6.07. The van der Waals surface area contributed by atoms with Crippen molar-refractivity contribution in [2.75, 3.05) is 13.1 Å². The van der Waals surface area contributed by atoms with E-state index in [1.54, 1.807) is 0 Å². The first-order chi connectivity index (χ1) is 13.0. The summed E-state index contributed by atoms with van der Waals surface area (Å²) in [6, 6.07) is 8.07. The number of hydrogen-bond acceptors (Lipinski definition) is 3. The summed E-state index contributed by atoms with van der Waals surface area (Å²) in [6.45, 7) is 8.80. The van der Waals surface area contributed by atoms with E-state index < -0.39 is 0 Å². The van der Waals surface area contributed by atoms with Crippen LogP contribution >= 0.6 is 0 Å². The van der Waals surface area contributed by atoms with Gasteiger partial charge < -0.3 is 4.90 Å². The highest BCUT2D eigenvalue weighted by atomic mass is 16.2. The molecule has 1 fully saturated rings. The Morgan fingerprint density at radius 3 is 2.89 bits per heavy atom. The average molecular weight is 362 g/mol. The third-order valence-electron chi connectivity index (χ3n) is 5.39. The van der Waals surface area contributed by atoms with Crippen molar-refractivity contribution in [2.24, 2.45) is 5.92 Å². The van der Waals surface area contributed by atoms with Gasteiger partial charge in [-0.15, -0.1) is 0 Å². The second kappa shape index (κ2) is 7.14. The molecule has 140 valence electrons. The Morgan fingerprint density at radius 1 is 1.30 bits per heavy atom. The molecular formula is C22H26N4O. The molecule has 1 aromatic carbocycles. The van der Waals surface area contributed by atoms with Gasteiger partial charge in [-0.05, 0) is 50.3 Å². The van der Waals surface area contributed by atoms with Crippen LogP contribution in [-0.2, 0) is 6.54 Å². The molecule has 27 heavy (non-hydrogen) atoms. The normalized spacial score (nSPS) is 17.4. The topological polar surface area (TPSA) is 51.0 Å². The molecule has 5 nitrogen and oxygen atoms in total. The molecule has 0 N–H and O–H groups in total. The van der Waals surface area contributed by atoms with Gasteiger partial charge in [0.2, 0.25) is 0 Å². The minimum atomic E-state index is 0.113. The van der Waals surface area contributed by atoms with Crippen molar-refractivity contribution in [2.45, 2.75) is 40.2 Å². The van der Waals surface area contributed by atoms with Crippen molar-refractivity contribution in [3.05, 3.63) is 47.8 Å². The van der Waals surface area contributed by atoms with Gasteiger partial charge in [0.25, 0.3) is 5.91 Å². The summed E-state index contributed by atoms with van der Waals surface area (Å²) in [7, 11) is 0. The molecule has 0 bridgehead atoms. The number of carbonyl (C=O) groups excluding carboxylic acids is 1. The van der Waals surface area contributed by atoms with Crippen LogP contribution in [0.5, 0.6) is 0 Å². The lowest BCUT2D eigenvalue weighted by molar-refractivity contribution is 0.0685. The van der Waals surface area contributed by atoms with E-state index in [9.17, 15) is 4.79 Å². The van der Waals surface area contributed by atoms with Crippen LogP contribution in [0.15, 0.2) is 36.7 Å². The number of likely N-dealkylation sites (tertiary alicyclic amines) is 1. The summed E-state index contributed by atoms with van der Waals surface area (Å²) in [5.74, 6) is 0.669. The standard InChI is InChI=1S/C22H26N4O/c1-4-26-14-17(12-23-26)20-11-19(18-8-7-15(2)10-21(18)24-20)22(27)25-9-5-6-16(3)13-25/h7-8,10-12,14,16H,4-6,9,13H2,1-3H3/t16-/m0/s1. The quantitative estimate of drug-likeness (QED) is 0.698. The van der Waals surface area contributed by atoms with Crippen molar-refractivity contribution in [1.29, 1.82) is 0 Å². The van der Waals surface area contributed by atoms with Gasteiger partial charge in [-0.1, -0.05) is 19.1 Å². The van der Waals surface area contributed by atoms with Gasteiger partial charge in [0.05, 0.1) is 23.0 Å². The van der Waals surface area contributed by atoms with Gasteiger partial charge in [0.15, 0.2) is 0 Å². The van der Waals surface area contributed by atoms with Crippen LogP contribution in [0.4, 0.5) is 0 Å². The lowest BCUT2D eigenvalue weighted by Crippen LogP contribution is -2.39. The smallest absolute Gasteiger partial charge is 0.254 e. The van der Waals surface area contributed by atoms with E-state index in [0.29, 0.717) is 5.92 Å². The van der Waals surface area contributed by atoms with E-state index in [0.717, 1.165) is 59.3 Å². The Labute approximate surface area is 160 Å². The molecule has 1 aliphatic rings. The van der Waals surface area contributed by atoms with Crippen molar-refractivity contribution in [3.63, 3.8) is 0 Å². The zero-order valence-electron chi connectivity index (χ0n) is 16.3. The Kier molecular flexibility index (Phi) is 4.68. The number of aryl methyl sites for hydroxylation is 2. The first kappa shape index (κ1) is 17.7. The minimum Gasteiger partial charge on any atom is -0.338 e. The molecule has 4 rings (SSSR count). The molecule has 0 aliphatic carbocycles. The Hall–Kier alpha value is -2.69. The number of hydrogen-bond donors (Lipinski definition) is 0. The highest BCUT2D eigenvalue weighted by Gasteiger charge is 2.24. The SMILES string of the molecule is CCn1cc(-c2cc(C(=O)N3CCC[C@H](C)C3)c3ccc(C)cc3n2)cn1. The minimum absolute atomic E-state index is 0.113. The van der Waals surface area contributed by atoms with Gasteiger partial charge in [-0.2, -0.15) is 5.10 Å². The Morgan fingerprint density at radius 2 is 2.15 bits per heavy atom. The number of amides is 1. The molecule has 5 heteroatoms. The molecule has 2 aromatic heterocycles. The monoisotopic (exact) mass is 362 g/mol. The number of benzene rings is 1. The van der Waals surface area contributed by atoms with Crippen LogP contribution in [0.2, 0.25) is 0 Å². The largest absolute Gasteiger partial charge is 0.338 e. The van der Waals surface area contributed by atoms with Crippen LogP contribution in [0.25, 0.3) is 22.2 Å². The third-order valence-corrected chi connectivity index (χ3v) is 5.39. The predicted molar refractivity (Wildman–Crippen MR) is 108 cm³/mol. The Balaban J connectivity index is 1.83. The number of carbonyl (C=O) groups is 1. The maximum absolute atomic E-state index is 13.4. The second-order valence-electron chi connectivity index (χ2n) is 7.66. The summed E-state index contributed by atoms with van der Waals surface area (Å²) in [6.07, 6.45) is 6.08. The first-order valence-corrected chi connectivity index (χ1v) is 9.78. The fourth-order valence-corrected chi connectivity index (χ4v) is 3.88. The molecular weight excluding hydrogens is 336 g/mol.